The van der Waals surface area contributed by atoms with Gasteiger partial charge in [0.2, 0.25) is 0 Å². The third-order valence-corrected chi connectivity index (χ3v) is 4.09. The van der Waals surface area contributed by atoms with E-state index in [0.29, 0.717) is 5.56 Å². The Bertz CT molecular complexity index is 634. The van der Waals surface area contributed by atoms with Crippen LogP contribution in [0.4, 0.5) is 13.2 Å². The normalized spacial score (nSPS) is 12.0. The number of rotatable bonds is 6. The Morgan fingerprint density at radius 1 is 1.29 bits per heavy atom. The quantitative estimate of drug-likeness (QED) is 0.800. The highest BCUT2D eigenvalue weighted by Gasteiger charge is 2.26. The van der Waals surface area contributed by atoms with Gasteiger partial charge in [0.15, 0.2) is 0 Å². The van der Waals surface area contributed by atoms with Crippen LogP contribution in [0.25, 0.3) is 10.1 Å². The van der Waals surface area contributed by atoms with Crippen LogP contribution in [0.1, 0.15) is 28.1 Å². The second-order valence-corrected chi connectivity index (χ2v) is 5.53. The lowest BCUT2D eigenvalue weighted by Gasteiger charge is -2.07. The maximum absolute atomic E-state index is 12.0. The lowest BCUT2D eigenvalue weighted by atomic mass is 10.1. The van der Waals surface area contributed by atoms with Gasteiger partial charge < -0.3 is 9.84 Å². The van der Waals surface area contributed by atoms with Gasteiger partial charge in [0, 0.05) is 23.3 Å². The van der Waals surface area contributed by atoms with E-state index in [1.54, 1.807) is 24.3 Å². The van der Waals surface area contributed by atoms with E-state index >= 15 is 0 Å². The minimum atomic E-state index is -4.19. The Labute approximate surface area is 123 Å². The standard InChI is InChI=1S/C14H13F3O3S/c15-14(16,17)6-3-7-20-8-10-9-4-1-2-5-11(9)21-12(10)13(18)19/h1-2,4-5H,3,6-8H2,(H,18,19). The van der Waals surface area contributed by atoms with Crippen molar-refractivity contribution in [2.24, 2.45) is 0 Å². The largest absolute Gasteiger partial charge is 0.477 e. The molecule has 0 bridgehead atoms. The fourth-order valence-corrected chi connectivity index (χ4v) is 3.01. The highest BCUT2D eigenvalue weighted by atomic mass is 32.1. The van der Waals surface area contributed by atoms with Gasteiger partial charge in [-0.1, -0.05) is 18.2 Å². The molecule has 1 heterocycles. The number of hydrogen-bond acceptors (Lipinski definition) is 3. The summed E-state index contributed by atoms with van der Waals surface area (Å²) < 4.78 is 42.0. The van der Waals surface area contributed by atoms with Crippen LogP contribution in [-0.4, -0.2) is 23.9 Å². The molecule has 0 fully saturated rings. The Kier molecular flexibility index (Phi) is 4.84. The van der Waals surface area contributed by atoms with Crippen LogP contribution in [0, 0.1) is 0 Å². The molecule has 7 heteroatoms. The van der Waals surface area contributed by atoms with Gasteiger partial charge in [-0.15, -0.1) is 11.3 Å². The maximum Gasteiger partial charge on any atom is 0.389 e. The van der Waals surface area contributed by atoms with E-state index in [1.165, 1.54) is 0 Å². The SMILES string of the molecule is O=C(O)c1sc2ccccc2c1COCCCC(F)(F)F. The average Bonchev–Trinajstić information content (AvgIpc) is 2.76. The number of alkyl halides is 3. The van der Waals surface area contributed by atoms with Crippen molar-refractivity contribution >= 4 is 27.4 Å². The van der Waals surface area contributed by atoms with Crippen molar-refractivity contribution in [3.8, 4) is 0 Å². The van der Waals surface area contributed by atoms with Gasteiger partial charge in [0.05, 0.1) is 6.61 Å². The summed E-state index contributed by atoms with van der Waals surface area (Å²) in [6, 6.07) is 7.18. The van der Waals surface area contributed by atoms with Crippen molar-refractivity contribution < 1.29 is 27.8 Å². The lowest BCUT2D eigenvalue weighted by Crippen LogP contribution is -2.09. The molecule has 1 aromatic carbocycles. The highest BCUT2D eigenvalue weighted by molar-refractivity contribution is 7.21. The number of carbonyl (C=O) groups is 1. The number of carboxylic acids is 1. The van der Waals surface area contributed by atoms with E-state index in [2.05, 4.69) is 0 Å². The zero-order valence-corrected chi connectivity index (χ0v) is 11.8. The van der Waals surface area contributed by atoms with Crippen molar-refractivity contribution in [2.45, 2.75) is 25.6 Å². The van der Waals surface area contributed by atoms with Gasteiger partial charge in [-0.05, 0) is 17.9 Å². The van der Waals surface area contributed by atoms with Crippen molar-refractivity contribution in [3.63, 3.8) is 0 Å². The van der Waals surface area contributed by atoms with Crippen LogP contribution in [0.5, 0.6) is 0 Å². The van der Waals surface area contributed by atoms with E-state index in [0.717, 1.165) is 21.4 Å². The minimum absolute atomic E-state index is 0.00348. The molecule has 21 heavy (non-hydrogen) atoms. The summed E-state index contributed by atoms with van der Waals surface area (Å²) in [6.45, 7) is -0.0494. The van der Waals surface area contributed by atoms with Crippen molar-refractivity contribution in [3.05, 3.63) is 34.7 Å². The number of ether oxygens (including phenoxy) is 1. The van der Waals surface area contributed by atoms with E-state index in [1.807, 2.05) is 0 Å². The molecule has 0 aliphatic rings. The predicted molar refractivity (Wildman–Crippen MR) is 73.7 cm³/mol. The van der Waals surface area contributed by atoms with E-state index in [4.69, 9.17) is 4.74 Å². The monoisotopic (exact) mass is 318 g/mol. The fraction of sp³-hybridized carbons (Fsp3) is 0.357. The number of carboxylic acid groups (broad SMARTS) is 1. The van der Waals surface area contributed by atoms with Crippen LogP contribution in [0.3, 0.4) is 0 Å². The number of fused-ring (bicyclic) bond motifs is 1. The first kappa shape index (κ1) is 15.8. The molecule has 0 saturated carbocycles. The van der Waals surface area contributed by atoms with E-state index in [-0.39, 0.29) is 24.5 Å². The summed E-state index contributed by atoms with van der Waals surface area (Å²) in [5.74, 6) is -1.05. The molecular formula is C14H13F3O3S. The molecule has 2 aromatic rings. The minimum Gasteiger partial charge on any atom is -0.477 e. The molecule has 0 unspecified atom stereocenters. The zero-order chi connectivity index (χ0) is 15.5. The molecule has 2 rings (SSSR count). The molecule has 114 valence electrons. The molecule has 1 aromatic heterocycles. The molecule has 3 nitrogen and oxygen atoms in total. The molecule has 0 aliphatic heterocycles. The summed E-state index contributed by atoms with van der Waals surface area (Å²) >= 11 is 1.14. The number of hydrogen-bond donors (Lipinski definition) is 1. The van der Waals surface area contributed by atoms with Crippen molar-refractivity contribution in [1.82, 2.24) is 0 Å². The van der Waals surface area contributed by atoms with E-state index in [9.17, 15) is 23.1 Å². The third-order valence-electron chi connectivity index (χ3n) is 2.89. The summed E-state index contributed by atoms with van der Waals surface area (Å²) in [4.78, 5) is 11.4. The average molecular weight is 318 g/mol. The highest BCUT2D eigenvalue weighted by Crippen LogP contribution is 2.32. The number of halogens is 3. The van der Waals surface area contributed by atoms with Crippen LogP contribution in [-0.2, 0) is 11.3 Å². The van der Waals surface area contributed by atoms with Gasteiger partial charge in [-0.2, -0.15) is 13.2 Å². The third kappa shape index (κ3) is 4.18. The fourth-order valence-electron chi connectivity index (χ4n) is 1.96. The van der Waals surface area contributed by atoms with Crippen LogP contribution < -0.4 is 0 Å². The van der Waals surface area contributed by atoms with Gasteiger partial charge in [0.1, 0.15) is 4.88 Å². The molecular weight excluding hydrogens is 305 g/mol. The summed E-state index contributed by atoms with van der Waals surface area (Å²) in [6.07, 6.45) is -5.22. The first-order valence-corrected chi connectivity index (χ1v) is 7.08. The molecule has 0 radical (unpaired) electrons. The second kappa shape index (κ2) is 6.44. The molecule has 0 atom stereocenters. The molecule has 0 spiro atoms. The number of aromatic carboxylic acids is 1. The Morgan fingerprint density at radius 3 is 2.67 bits per heavy atom. The summed E-state index contributed by atoms with van der Waals surface area (Å²) in [5.41, 5.74) is 0.523. The Balaban J connectivity index is 2.04. The molecule has 1 N–H and O–H groups in total. The topological polar surface area (TPSA) is 46.5 Å². The zero-order valence-electron chi connectivity index (χ0n) is 10.9. The first-order chi connectivity index (χ1) is 9.88. The first-order valence-electron chi connectivity index (χ1n) is 6.26. The summed E-state index contributed by atoms with van der Waals surface area (Å²) in [5, 5.41) is 9.96. The number of thiophene rings is 1. The Morgan fingerprint density at radius 2 is 2.00 bits per heavy atom. The van der Waals surface area contributed by atoms with Gasteiger partial charge in [-0.25, -0.2) is 4.79 Å². The Hall–Kier alpha value is -1.60. The van der Waals surface area contributed by atoms with Crippen molar-refractivity contribution in [1.29, 1.82) is 0 Å². The van der Waals surface area contributed by atoms with Gasteiger partial charge >= 0.3 is 12.1 Å². The smallest absolute Gasteiger partial charge is 0.389 e. The van der Waals surface area contributed by atoms with Crippen LogP contribution in [0.15, 0.2) is 24.3 Å². The van der Waals surface area contributed by atoms with Crippen LogP contribution >= 0.6 is 11.3 Å². The maximum atomic E-state index is 12.0. The predicted octanol–water partition coefficient (Wildman–Crippen LogP) is 4.46. The number of benzene rings is 1. The lowest BCUT2D eigenvalue weighted by molar-refractivity contribution is -0.138. The van der Waals surface area contributed by atoms with Gasteiger partial charge in [-0.3, -0.25) is 0 Å². The second-order valence-electron chi connectivity index (χ2n) is 4.48. The molecule has 0 amide bonds. The van der Waals surface area contributed by atoms with E-state index < -0.39 is 18.6 Å². The van der Waals surface area contributed by atoms with Gasteiger partial charge in [0.25, 0.3) is 0 Å². The summed E-state index contributed by atoms with van der Waals surface area (Å²) in [7, 11) is 0. The molecule has 0 saturated heterocycles. The van der Waals surface area contributed by atoms with Crippen molar-refractivity contribution in [2.75, 3.05) is 6.61 Å². The molecule has 0 aliphatic carbocycles. The van der Waals surface area contributed by atoms with Crippen LogP contribution in [0.2, 0.25) is 0 Å².